The Morgan fingerprint density at radius 3 is 2.48 bits per heavy atom. The predicted molar refractivity (Wildman–Crippen MR) is 102 cm³/mol. The molecule has 1 aromatic carbocycles. The molecule has 8 heteroatoms. The summed E-state index contributed by atoms with van der Waals surface area (Å²) in [5.74, 6) is 1.28. The molecular weight excluding hydrogens is 342 g/mol. The van der Waals surface area contributed by atoms with Gasteiger partial charge < -0.3 is 29.8 Å². The number of ether oxygens (including phenoxy) is 3. The van der Waals surface area contributed by atoms with Gasteiger partial charge in [0.25, 0.3) is 5.56 Å². The first-order valence-electron chi connectivity index (χ1n) is 7.88. The lowest BCUT2D eigenvalue weighted by molar-refractivity contribution is 0.204. The topological polar surface area (TPSA) is 84.6 Å². The number of rotatable bonds is 8. The van der Waals surface area contributed by atoms with Crippen molar-refractivity contribution in [2.24, 2.45) is 0 Å². The van der Waals surface area contributed by atoms with Crippen LogP contribution in [-0.2, 0) is 11.2 Å². The lowest BCUT2D eigenvalue weighted by Gasteiger charge is -2.12. The molecule has 0 unspecified atom stereocenters. The molecule has 0 aliphatic heterocycles. The van der Waals surface area contributed by atoms with Crippen LogP contribution in [0.4, 0.5) is 0 Å². The Labute approximate surface area is 151 Å². The van der Waals surface area contributed by atoms with Crippen LogP contribution in [0.2, 0.25) is 0 Å². The van der Waals surface area contributed by atoms with E-state index >= 15 is 0 Å². The van der Waals surface area contributed by atoms with E-state index in [1.165, 1.54) is 0 Å². The minimum absolute atomic E-state index is 0.154. The molecule has 0 spiro atoms. The number of pyridine rings is 1. The molecule has 1 aromatic heterocycles. The zero-order valence-electron chi connectivity index (χ0n) is 14.6. The first-order chi connectivity index (χ1) is 12.1. The van der Waals surface area contributed by atoms with E-state index in [4.69, 9.17) is 26.4 Å². The number of methoxy groups -OCH3 is 3. The molecule has 136 valence electrons. The SMILES string of the molecule is COCCNC(=S)NCCc1cc2c(OC)ccc(OC)c2[nH]c1=O. The molecule has 0 atom stereocenters. The molecule has 0 radical (unpaired) electrons. The summed E-state index contributed by atoms with van der Waals surface area (Å²) in [7, 11) is 4.79. The Bertz CT molecular complexity index is 791. The molecule has 0 aliphatic carbocycles. The van der Waals surface area contributed by atoms with Gasteiger partial charge in [0.05, 0.1) is 26.3 Å². The van der Waals surface area contributed by atoms with E-state index in [0.29, 0.717) is 53.8 Å². The molecule has 0 saturated heterocycles. The van der Waals surface area contributed by atoms with E-state index in [1.54, 1.807) is 27.4 Å². The third-order valence-corrected chi connectivity index (χ3v) is 4.02. The van der Waals surface area contributed by atoms with Gasteiger partial charge in [0.2, 0.25) is 0 Å². The molecule has 1 heterocycles. The Morgan fingerprint density at radius 2 is 1.80 bits per heavy atom. The van der Waals surface area contributed by atoms with Gasteiger partial charge in [-0.05, 0) is 36.8 Å². The number of hydrogen-bond acceptors (Lipinski definition) is 5. The molecule has 2 rings (SSSR count). The lowest BCUT2D eigenvalue weighted by atomic mass is 10.1. The predicted octanol–water partition coefficient (Wildman–Crippen LogP) is 1.20. The highest BCUT2D eigenvalue weighted by atomic mass is 32.1. The van der Waals surface area contributed by atoms with E-state index in [-0.39, 0.29) is 5.56 Å². The maximum absolute atomic E-state index is 12.3. The number of thiocarbonyl (C=S) groups is 1. The summed E-state index contributed by atoms with van der Waals surface area (Å²) in [5, 5.41) is 7.43. The van der Waals surface area contributed by atoms with E-state index in [9.17, 15) is 4.79 Å². The fraction of sp³-hybridized carbons (Fsp3) is 0.412. The minimum Gasteiger partial charge on any atom is -0.496 e. The monoisotopic (exact) mass is 365 g/mol. The molecule has 3 N–H and O–H groups in total. The van der Waals surface area contributed by atoms with Crippen LogP contribution in [0.25, 0.3) is 10.9 Å². The molecule has 0 fully saturated rings. The van der Waals surface area contributed by atoms with Crippen LogP contribution in [0.15, 0.2) is 23.0 Å². The number of aromatic amines is 1. The highest BCUT2D eigenvalue weighted by Crippen LogP contribution is 2.31. The third kappa shape index (κ3) is 4.83. The second-order valence-corrected chi connectivity index (χ2v) is 5.72. The van der Waals surface area contributed by atoms with Crippen LogP contribution in [-0.4, -0.2) is 51.1 Å². The van der Waals surface area contributed by atoms with Gasteiger partial charge in [-0.15, -0.1) is 0 Å². The first-order valence-corrected chi connectivity index (χ1v) is 8.29. The Hall–Kier alpha value is -2.32. The summed E-state index contributed by atoms with van der Waals surface area (Å²) >= 11 is 5.16. The van der Waals surface area contributed by atoms with Crippen LogP contribution in [0.3, 0.4) is 0 Å². The highest BCUT2D eigenvalue weighted by Gasteiger charge is 2.11. The van der Waals surface area contributed by atoms with Gasteiger partial charge in [-0.1, -0.05) is 0 Å². The molecule has 0 saturated carbocycles. The van der Waals surface area contributed by atoms with Crippen molar-refractivity contribution < 1.29 is 14.2 Å². The smallest absolute Gasteiger partial charge is 0.251 e. The van der Waals surface area contributed by atoms with Crippen LogP contribution in [0.5, 0.6) is 11.5 Å². The van der Waals surface area contributed by atoms with Crippen LogP contribution in [0, 0.1) is 0 Å². The maximum Gasteiger partial charge on any atom is 0.251 e. The van der Waals surface area contributed by atoms with E-state index < -0.39 is 0 Å². The highest BCUT2D eigenvalue weighted by molar-refractivity contribution is 7.80. The van der Waals surface area contributed by atoms with Crippen LogP contribution >= 0.6 is 12.2 Å². The second-order valence-electron chi connectivity index (χ2n) is 5.31. The third-order valence-electron chi connectivity index (χ3n) is 3.73. The van der Waals surface area contributed by atoms with Gasteiger partial charge in [-0.3, -0.25) is 4.79 Å². The van der Waals surface area contributed by atoms with Gasteiger partial charge in [0.15, 0.2) is 5.11 Å². The number of hydrogen-bond donors (Lipinski definition) is 3. The zero-order chi connectivity index (χ0) is 18.2. The summed E-state index contributed by atoms with van der Waals surface area (Å²) < 4.78 is 15.6. The number of H-pyrrole nitrogens is 1. The lowest BCUT2D eigenvalue weighted by Crippen LogP contribution is -2.38. The fourth-order valence-electron chi connectivity index (χ4n) is 2.46. The van der Waals surface area contributed by atoms with Gasteiger partial charge in [0.1, 0.15) is 11.5 Å². The van der Waals surface area contributed by atoms with E-state index in [0.717, 1.165) is 5.39 Å². The van der Waals surface area contributed by atoms with Gasteiger partial charge in [-0.25, -0.2) is 0 Å². The molecule has 0 amide bonds. The van der Waals surface area contributed by atoms with Crippen LogP contribution < -0.4 is 25.7 Å². The number of fused-ring (bicyclic) bond motifs is 1. The summed E-state index contributed by atoms with van der Waals surface area (Å²) in [6, 6.07) is 5.41. The Kier molecular flexibility index (Phi) is 7.03. The van der Waals surface area contributed by atoms with Crippen molar-refractivity contribution in [3.8, 4) is 11.5 Å². The van der Waals surface area contributed by atoms with Crippen molar-refractivity contribution in [1.29, 1.82) is 0 Å². The molecule has 2 aromatic rings. The largest absolute Gasteiger partial charge is 0.496 e. The minimum atomic E-state index is -0.154. The Balaban J connectivity index is 2.12. The maximum atomic E-state index is 12.3. The molecule has 0 bridgehead atoms. The number of nitrogens with one attached hydrogen (secondary N) is 3. The van der Waals surface area contributed by atoms with Crippen molar-refractivity contribution in [2.75, 3.05) is 41.0 Å². The van der Waals surface area contributed by atoms with E-state index in [1.807, 2.05) is 12.1 Å². The summed E-state index contributed by atoms with van der Waals surface area (Å²) in [6.07, 6.45) is 0.526. The molecule has 0 aliphatic rings. The van der Waals surface area contributed by atoms with Crippen LogP contribution in [0.1, 0.15) is 5.56 Å². The Morgan fingerprint density at radius 1 is 1.12 bits per heavy atom. The first kappa shape index (κ1) is 19.0. The van der Waals surface area contributed by atoms with Gasteiger partial charge in [-0.2, -0.15) is 0 Å². The second kappa shape index (κ2) is 9.24. The quantitative estimate of drug-likeness (QED) is 0.479. The normalized spacial score (nSPS) is 10.5. The molecule has 25 heavy (non-hydrogen) atoms. The standard InChI is InChI=1S/C17H23N3O4S/c1-22-9-8-19-17(25)18-7-6-11-10-12-13(23-2)4-5-14(24-3)15(12)20-16(11)21/h4-5,10H,6-9H2,1-3H3,(H,20,21)(H2,18,19,25). The van der Waals surface area contributed by atoms with Gasteiger partial charge >= 0.3 is 0 Å². The summed E-state index contributed by atoms with van der Waals surface area (Å²) in [5.41, 5.74) is 1.12. The van der Waals surface area contributed by atoms with Crippen molar-refractivity contribution in [1.82, 2.24) is 15.6 Å². The van der Waals surface area contributed by atoms with Gasteiger partial charge in [0, 0.05) is 31.1 Å². The number of aromatic nitrogens is 1. The van der Waals surface area contributed by atoms with Crippen molar-refractivity contribution in [3.05, 3.63) is 34.1 Å². The average Bonchev–Trinajstić information content (AvgIpc) is 2.61. The fourth-order valence-corrected chi connectivity index (χ4v) is 2.66. The van der Waals surface area contributed by atoms with Crippen molar-refractivity contribution in [3.63, 3.8) is 0 Å². The van der Waals surface area contributed by atoms with Crippen molar-refractivity contribution >= 4 is 28.2 Å². The molecular formula is C17H23N3O4S. The summed E-state index contributed by atoms with van der Waals surface area (Å²) in [4.78, 5) is 15.2. The zero-order valence-corrected chi connectivity index (χ0v) is 15.4. The molecule has 7 nitrogen and oxygen atoms in total. The average molecular weight is 365 g/mol. The summed E-state index contributed by atoms with van der Waals surface area (Å²) in [6.45, 7) is 1.75. The van der Waals surface area contributed by atoms with E-state index in [2.05, 4.69) is 15.6 Å². The van der Waals surface area contributed by atoms with Crippen molar-refractivity contribution in [2.45, 2.75) is 6.42 Å². The number of benzene rings is 1.